The highest BCUT2D eigenvalue weighted by Gasteiger charge is 2.17. The van der Waals surface area contributed by atoms with Gasteiger partial charge in [0.25, 0.3) is 0 Å². The van der Waals surface area contributed by atoms with Gasteiger partial charge in [-0.05, 0) is 24.6 Å². The lowest BCUT2D eigenvalue weighted by atomic mass is 10.1. The average molecular weight is 335 g/mol. The first-order chi connectivity index (χ1) is 10.8. The molecule has 1 aromatic heterocycles. The summed E-state index contributed by atoms with van der Waals surface area (Å²) in [6.07, 6.45) is 4.24. The number of sulfone groups is 1. The lowest BCUT2D eigenvalue weighted by molar-refractivity contribution is 0.0526. The Morgan fingerprint density at radius 2 is 1.83 bits per heavy atom. The number of rotatable bonds is 5. The second-order valence-electron chi connectivity index (χ2n) is 5.02. The van der Waals surface area contributed by atoms with Crippen LogP contribution in [0.15, 0.2) is 52.4 Å². The fourth-order valence-corrected chi connectivity index (χ4v) is 3.07. The van der Waals surface area contributed by atoms with Crippen LogP contribution in [0.3, 0.4) is 0 Å². The fraction of sp³-hybridized carbons (Fsp3) is 0.250. The number of hydrogen-bond donors (Lipinski definition) is 0. The summed E-state index contributed by atoms with van der Waals surface area (Å²) in [6.45, 7) is 2.16. The fourth-order valence-electron chi connectivity index (χ4n) is 2.12. The van der Waals surface area contributed by atoms with Crippen LogP contribution in [0.2, 0.25) is 0 Å². The van der Waals surface area contributed by atoms with Gasteiger partial charge >= 0.3 is 5.97 Å². The van der Waals surface area contributed by atoms with Gasteiger partial charge in [0.15, 0.2) is 15.3 Å². The number of ether oxygens (including phenoxy) is 1. The third kappa shape index (κ3) is 4.29. The van der Waals surface area contributed by atoms with Gasteiger partial charge in [-0.25, -0.2) is 13.2 Å². The van der Waals surface area contributed by atoms with E-state index in [1.165, 1.54) is 24.3 Å². The number of esters is 1. The molecule has 7 heteroatoms. The highest BCUT2D eigenvalue weighted by molar-refractivity contribution is 7.90. The van der Waals surface area contributed by atoms with Crippen molar-refractivity contribution in [1.82, 2.24) is 4.57 Å². The molecule has 0 N–H and O–H groups in total. The summed E-state index contributed by atoms with van der Waals surface area (Å²) in [4.78, 5) is 23.0. The lowest BCUT2D eigenvalue weighted by Gasteiger charge is -2.12. The van der Waals surface area contributed by atoms with Crippen molar-refractivity contribution in [2.45, 2.75) is 18.4 Å². The van der Waals surface area contributed by atoms with E-state index in [4.69, 9.17) is 4.74 Å². The predicted octanol–water partition coefficient (Wildman–Crippen LogP) is 1.48. The minimum Gasteiger partial charge on any atom is -0.462 e. The van der Waals surface area contributed by atoms with Gasteiger partial charge in [0.1, 0.15) is 0 Å². The zero-order chi connectivity index (χ0) is 17.0. The quantitative estimate of drug-likeness (QED) is 0.773. The molecule has 1 heterocycles. The largest absolute Gasteiger partial charge is 0.462 e. The van der Waals surface area contributed by atoms with Crippen LogP contribution in [-0.2, 0) is 21.1 Å². The maximum Gasteiger partial charge on any atom is 0.338 e. The molecule has 0 aliphatic heterocycles. The van der Waals surface area contributed by atoms with E-state index in [1.807, 2.05) is 0 Å². The SMILES string of the molecule is CCOC(=O)c1ccc(Cn2ccc(=O)cc2)c(S(C)(=O)=O)c1. The van der Waals surface area contributed by atoms with Crippen LogP contribution in [0.1, 0.15) is 22.8 Å². The van der Waals surface area contributed by atoms with Gasteiger partial charge in [-0.15, -0.1) is 0 Å². The predicted molar refractivity (Wildman–Crippen MR) is 85.3 cm³/mol. The Morgan fingerprint density at radius 3 is 2.39 bits per heavy atom. The van der Waals surface area contributed by atoms with Crippen LogP contribution in [0.5, 0.6) is 0 Å². The van der Waals surface area contributed by atoms with Crippen molar-refractivity contribution in [3.63, 3.8) is 0 Å². The molecule has 0 saturated heterocycles. The van der Waals surface area contributed by atoms with Crippen molar-refractivity contribution in [2.24, 2.45) is 0 Å². The second kappa shape index (κ2) is 6.78. The van der Waals surface area contributed by atoms with Crippen LogP contribution in [0.25, 0.3) is 0 Å². The van der Waals surface area contributed by atoms with Crippen LogP contribution in [0.4, 0.5) is 0 Å². The monoisotopic (exact) mass is 335 g/mol. The van der Waals surface area contributed by atoms with Crippen molar-refractivity contribution in [3.05, 3.63) is 64.1 Å². The molecule has 0 bridgehead atoms. The van der Waals surface area contributed by atoms with Crippen molar-refractivity contribution >= 4 is 15.8 Å². The van der Waals surface area contributed by atoms with Gasteiger partial charge < -0.3 is 9.30 Å². The zero-order valence-electron chi connectivity index (χ0n) is 12.9. The molecule has 0 spiro atoms. The first-order valence-corrected chi connectivity index (χ1v) is 8.86. The summed E-state index contributed by atoms with van der Waals surface area (Å²) >= 11 is 0. The number of aromatic nitrogens is 1. The standard InChI is InChI=1S/C16H17NO5S/c1-3-22-16(19)12-4-5-13(15(10-12)23(2,20)21)11-17-8-6-14(18)7-9-17/h4-10H,3,11H2,1-2H3. The first kappa shape index (κ1) is 17.0. The normalized spacial score (nSPS) is 11.2. The van der Waals surface area contributed by atoms with E-state index < -0.39 is 15.8 Å². The first-order valence-electron chi connectivity index (χ1n) is 6.97. The summed E-state index contributed by atoms with van der Waals surface area (Å²) in [5.74, 6) is -0.563. The number of hydrogen-bond acceptors (Lipinski definition) is 5. The molecule has 0 amide bonds. The Balaban J connectivity index is 2.44. The molecule has 0 unspecified atom stereocenters. The van der Waals surface area contributed by atoms with E-state index >= 15 is 0 Å². The van der Waals surface area contributed by atoms with Crippen LogP contribution >= 0.6 is 0 Å². The van der Waals surface area contributed by atoms with Gasteiger partial charge in [0.05, 0.1) is 17.1 Å². The molecule has 2 rings (SSSR count). The third-order valence-corrected chi connectivity index (χ3v) is 4.37. The van der Waals surface area contributed by atoms with E-state index in [1.54, 1.807) is 30.0 Å². The molecule has 0 radical (unpaired) electrons. The Kier molecular flexibility index (Phi) is 5.00. The van der Waals surface area contributed by atoms with Gasteiger partial charge in [-0.1, -0.05) is 6.07 Å². The summed E-state index contributed by atoms with van der Waals surface area (Å²) < 4.78 is 30.6. The van der Waals surface area contributed by atoms with E-state index in [0.717, 1.165) is 6.26 Å². The van der Waals surface area contributed by atoms with E-state index in [0.29, 0.717) is 5.56 Å². The molecule has 23 heavy (non-hydrogen) atoms. The molecule has 0 saturated carbocycles. The zero-order valence-corrected chi connectivity index (χ0v) is 13.7. The maximum atomic E-state index is 12.0. The number of nitrogens with zero attached hydrogens (tertiary/aromatic N) is 1. The molecule has 2 aromatic rings. The van der Waals surface area contributed by atoms with Crippen LogP contribution < -0.4 is 5.43 Å². The van der Waals surface area contributed by atoms with E-state index in [-0.39, 0.29) is 29.0 Å². The van der Waals surface area contributed by atoms with Crippen molar-refractivity contribution in [1.29, 1.82) is 0 Å². The topological polar surface area (TPSA) is 82.4 Å². The third-order valence-electron chi connectivity index (χ3n) is 3.19. The minimum absolute atomic E-state index is 0.0711. The summed E-state index contributed by atoms with van der Waals surface area (Å²) in [6, 6.07) is 7.23. The second-order valence-corrected chi connectivity index (χ2v) is 7.01. The average Bonchev–Trinajstić information content (AvgIpc) is 2.49. The number of carbonyl (C=O) groups is 1. The molecule has 0 aliphatic carbocycles. The van der Waals surface area contributed by atoms with E-state index in [2.05, 4.69) is 0 Å². The number of benzene rings is 1. The maximum absolute atomic E-state index is 12.0. The number of carbonyl (C=O) groups excluding carboxylic acids is 1. The van der Waals surface area contributed by atoms with Gasteiger partial charge in [-0.2, -0.15) is 0 Å². The highest BCUT2D eigenvalue weighted by atomic mass is 32.2. The van der Waals surface area contributed by atoms with Crippen molar-refractivity contribution in [3.8, 4) is 0 Å². The molecule has 1 aromatic carbocycles. The Morgan fingerprint density at radius 1 is 1.17 bits per heavy atom. The minimum atomic E-state index is -3.52. The molecular weight excluding hydrogens is 318 g/mol. The van der Waals surface area contributed by atoms with Crippen LogP contribution in [0, 0.1) is 0 Å². The molecule has 0 atom stereocenters. The Labute approximate surface area is 134 Å². The van der Waals surface area contributed by atoms with Crippen molar-refractivity contribution < 1.29 is 17.9 Å². The molecular formula is C16H17NO5S. The summed E-state index contributed by atoms with van der Waals surface area (Å²) in [5, 5.41) is 0. The molecule has 0 fully saturated rings. The number of pyridine rings is 1. The van der Waals surface area contributed by atoms with E-state index in [9.17, 15) is 18.0 Å². The lowest BCUT2D eigenvalue weighted by Crippen LogP contribution is -2.11. The Bertz CT molecular complexity index is 863. The highest BCUT2D eigenvalue weighted by Crippen LogP contribution is 2.19. The van der Waals surface area contributed by atoms with Gasteiger partial charge in [0, 0.05) is 37.3 Å². The van der Waals surface area contributed by atoms with Gasteiger partial charge in [0.2, 0.25) is 0 Å². The van der Waals surface area contributed by atoms with Crippen molar-refractivity contribution in [2.75, 3.05) is 12.9 Å². The smallest absolute Gasteiger partial charge is 0.338 e. The summed E-state index contributed by atoms with van der Waals surface area (Å²) in [7, 11) is -3.52. The molecule has 122 valence electrons. The summed E-state index contributed by atoms with van der Waals surface area (Å²) in [5.41, 5.74) is 0.599. The molecule has 6 nitrogen and oxygen atoms in total. The molecule has 0 aliphatic rings. The van der Waals surface area contributed by atoms with Crippen LogP contribution in [-0.4, -0.2) is 31.8 Å². The van der Waals surface area contributed by atoms with Gasteiger partial charge in [-0.3, -0.25) is 4.79 Å². The Hall–Kier alpha value is -2.41.